The van der Waals surface area contributed by atoms with E-state index in [0.717, 1.165) is 18.5 Å². The Morgan fingerprint density at radius 2 is 2.11 bits per heavy atom. The van der Waals surface area contributed by atoms with Crippen LogP contribution < -0.4 is 5.32 Å². The van der Waals surface area contributed by atoms with Crippen molar-refractivity contribution in [3.05, 3.63) is 41.5 Å². The Hall–Kier alpha value is -1.57. The molecule has 0 aliphatic carbocycles. The van der Waals surface area contributed by atoms with Crippen LogP contribution in [-0.4, -0.2) is 5.91 Å². The molecule has 0 aromatic heterocycles. The Morgan fingerprint density at radius 3 is 2.61 bits per heavy atom. The summed E-state index contributed by atoms with van der Waals surface area (Å²) in [5.41, 5.74) is 4.70. The third-order valence-electron chi connectivity index (χ3n) is 2.95. The van der Waals surface area contributed by atoms with Gasteiger partial charge in [-0.05, 0) is 48.1 Å². The van der Waals surface area contributed by atoms with Gasteiger partial charge in [-0.3, -0.25) is 4.79 Å². The third-order valence-corrected chi connectivity index (χ3v) is 2.95. The summed E-state index contributed by atoms with van der Waals surface area (Å²) in [4.78, 5) is 11.5. The van der Waals surface area contributed by atoms with Gasteiger partial charge in [-0.1, -0.05) is 39.8 Å². The van der Waals surface area contributed by atoms with E-state index in [0.29, 0.717) is 5.92 Å². The van der Waals surface area contributed by atoms with Crippen molar-refractivity contribution in [1.82, 2.24) is 0 Å². The zero-order valence-corrected chi connectivity index (χ0v) is 11.8. The zero-order valence-electron chi connectivity index (χ0n) is 11.8. The van der Waals surface area contributed by atoms with E-state index < -0.39 is 0 Å². The van der Waals surface area contributed by atoms with Gasteiger partial charge in [0.15, 0.2) is 0 Å². The lowest BCUT2D eigenvalue weighted by molar-refractivity contribution is -0.111. The van der Waals surface area contributed by atoms with Crippen molar-refractivity contribution in [2.75, 3.05) is 5.32 Å². The molecule has 0 spiro atoms. The minimum absolute atomic E-state index is 0.148. The number of carbonyl (C=O) groups is 1. The van der Waals surface area contributed by atoms with Crippen molar-refractivity contribution in [3.63, 3.8) is 0 Å². The zero-order chi connectivity index (χ0) is 13.7. The second kappa shape index (κ2) is 6.39. The first-order valence-corrected chi connectivity index (χ1v) is 6.56. The molecule has 0 saturated heterocycles. The van der Waals surface area contributed by atoms with Gasteiger partial charge in [-0.25, -0.2) is 0 Å². The summed E-state index contributed by atoms with van der Waals surface area (Å²) in [6, 6.07) is 4.26. The van der Waals surface area contributed by atoms with Crippen molar-refractivity contribution in [1.29, 1.82) is 0 Å². The van der Waals surface area contributed by atoms with Crippen LogP contribution in [0.5, 0.6) is 0 Å². The second-order valence-electron chi connectivity index (χ2n) is 4.98. The number of carbonyl (C=O) groups excluding carboxylic acids is 1. The van der Waals surface area contributed by atoms with Gasteiger partial charge >= 0.3 is 0 Å². The van der Waals surface area contributed by atoms with E-state index in [2.05, 4.69) is 45.7 Å². The van der Waals surface area contributed by atoms with E-state index in [-0.39, 0.29) is 5.91 Å². The van der Waals surface area contributed by atoms with E-state index in [9.17, 15) is 4.79 Å². The van der Waals surface area contributed by atoms with Gasteiger partial charge in [0.05, 0.1) is 0 Å². The number of rotatable bonds is 5. The van der Waals surface area contributed by atoms with Crippen LogP contribution in [0.4, 0.5) is 5.69 Å². The van der Waals surface area contributed by atoms with Crippen molar-refractivity contribution in [3.8, 4) is 0 Å². The van der Waals surface area contributed by atoms with E-state index in [1.54, 1.807) is 0 Å². The molecule has 0 bridgehead atoms. The lowest BCUT2D eigenvalue weighted by atomic mass is 9.91. The van der Waals surface area contributed by atoms with Crippen molar-refractivity contribution >= 4 is 11.6 Å². The molecule has 1 N–H and O–H groups in total. The number of hydrogen-bond donors (Lipinski definition) is 1. The molecule has 1 amide bonds. The highest BCUT2D eigenvalue weighted by Gasteiger charge is 2.13. The lowest BCUT2D eigenvalue weighted by Gasteiger charge is -2.19. The molecule has 1 aromatic carbocycles. The van der Waals surface area contributed by atoms with Gasteiger partial charge in [0.1, 0.15) is 0 Å². The van der Waals surface area contributed by atoms with Gasteiger partial charge in [-0.2, -0.15) is 0 Å². The van der Waals surface area contributed by atoms with Crippen LogP contribution in [0.3, 0.4) is 0 Å². The molecule has 0 fully saturated rings. The fourth-order valence-electron chi connectivity index (χ4n) is 2.32. The number of benzene rings is 1. The molecule has 0 aliphatic heterocycles. The maximum absolute atomic E-state index is 11.5. The normalized spacial score (nSPS) is 10.5. The standard InChI is InChI=1S/C16H23NO/c1-6-8-13-9-12(5)10-14(16(13)11(3)4)17-15(18)7-2/h7,9-11H,2,6,8H2,1,3-5H3,(H,17,18). The quantitative estimate of drug-likeness (QED) is 0.774. The van der Waals surface area contributed by atoms with Gasteiger partial charge in [-0.15, -0.1) is 0 Å². The molecular weight excluding hydrogens is 222 g/mol. The lowest BCUT2D eigenvalue weighted by Crippen LogP contribution is -2.12. The number of anilines is 1. The minimum atomic E-state index is -0.148. The molecule has 98 valence electrons. The number of aryl methyl sites for hydroxylation is 2. The van der Waals surface area contributed by atoms with E-state index >= 15 is 0 Å². The molecule has 0 aliphatic rings. The highest BCUT2D eigenvalue weighted by molar-refractivity contribution is 5.99. The number of nitrogens with one attached hydrogen (secondary N) is 1. The van der Waals surface area contributed by atoms with Crippen LogP contribution in [0.1, 0.15) is 49.8 Å². The molecule has 0 unspecified atom stereocenters. The van der Waals surface area contributed by atoms with Gasteiger partial charge in [0, 0.05) is 5.69 Å². The monoisotopic (exact) mass is 245 g/mol. The molecule has 0 radical (unpaired) electrons. The average molecular weight is 245 g/mol. The summed E-state index contributed by atoms with van der Waals surface area (Å²) in [5.74, 6) is 0.247. The SMILES string of the molecule is C=CC(=O)Nc1cc(C)cc(CCC)c1C(C)C. The van der Waals surface area contributed by atoms with Crippen LogP contribution in [0.25, 0.3) is 0 Å². The van der Waals surface area contributed by atoms with Gasteiger partial charge in [0.2, 0.25) is 5.91 Å². The van der Waals surface area contributed by atoms with Crippen molar-refractivity contribution in [2.45, 2.75) is 46.5 Å². The average Bonchev–Trinajstić information content (AvgIpc) is 2.28. The maximum atomic E-state index is 11.5. The first-order valence-electron chi connectivity index (χ1n) is 6.56. The first-order chi connectivity index (χ1) is 8.49. The van der Waals surface area contributed by atoms with E-state index in [1.807, 2.05) is 6.07 Å². The smallest absolute Gasteiger partial charge is 0.247 e. The van der Waals surface area contributed by atoms with Crippen LogP contribution in [0, 0.1) is 6.92 Å². The maximum Gasteiger partial charge on any atom is 0.247 e. The summed E-state index contributed by atoms with van der Waals surface area (Å²) in [6.07, 6.45) is 3.47. The predicted molar refractivity (Wildman–Crippen MR) is 78.1 cm³/mol. The Bertz CT molecular complexity index is 447. The summed E-state index contributed by atoms with van der Waals surface area (Å²) in [6.45, 7) is 12.1. The molecular formula is C16H23NO. The van der Waals surface area contributed by atoms with E-state index in [1.165, 1.54) is 22.8 Å². The van der Waals surface area contributed by atoms with Crippen LogP contribution in [0.2, 0.25) is 0 Å². The van der Waals surface area contributed by atoms with E-state index in [4.69, 9.17) is 0 Å². The molecule has 0 heterocycles. The number of hydrogen-bond acceptors (Lipinski definition) is 1. The fourth-order valence-corrected chi connectivity index (χ4v) is 2.32. The molecule has 2 heteroatoms. The van der Waals surface area contributed by atoms with Crippen LogP contribution in [0.15, 0.2) is 24.8 Å². The Balaban J connectivity index is 3.28. The number of amides is 1. The Morgan fingerprint density at radius 1 is 1.44 bits per heavy atom. The van der Waals surface area contributed by atoms with Crippen LogP contribution in [-0.2, 0) is 11.2 Å². The summed E-state index contributed by atoms with van der Waals surface area (Å²) >= 11 is 0. The van der Waals surface area contributed by atoms with Gasteiger partial charge in [0.25, 0.3) is 0 Å². The molecule has 1 aromatic rings. The van der Waals surface area contributed by atoms with Crippen molar-refractivity contribution in [2.24, 2.45) is 0 Å². The topological polar surface area (TPSA) is 29.1 Å². The second-order valence-corrected chi connectivity index (χ2v) is 4.98. The van der Waals surface area contributed by atoms with Gasteiger partial charge < -0.3 is 5.32 Å². The summed E-state index contributed by atoms with van der Waals surface area (Å²) in [5, 5.41) is 2.92. The fraction of sp³-hybridized carbons (Fsp3) is 0.438. The Kier molecular flexibility index (Phi) is 5.14. The van der Waals surface area contributed by atoms with Crippen molar-refractivity contribution < 1.29 is 4.79 Å². The summed E-state index contributed by atoms with van der Waals surface area (Å²) < 4.78 is 0. The summed E-state index contributed by atoms with van der Waals surface area (Å²) in [7, 11) is 0. The van der Waals surface area contributed by atoms with Crippen LogP contribution >= 0.6 is 0 Å². The third kappa shape index (κ3) is 3.46. The first kappa shape index (κ1) is 14.5. The minimum Gasteiger partial charge on any atom is -0.322 e. The molecule has 2 nitrogen and oxygen atoms in total. The highest BCUT2D eigenvalue weighted by atomic mass is 16.1. The Labute approximate surface area is 110 Å². The molecule has 1 rings (SSSR count). The molecule has 0 atom stereocenters. The molecule has 18 heavy (non-hydrogen) atoms. The molecule has 0 saturated carbocycles. The largest absolute Gasteiger partial charge is 0.322 e. The predicted octanol–water partition coefficient (Wildman–Crippen LogP) is 4.20. The highest BCUT2D eigenvalue weighted by Crippen LogP contribution is 2.30.